The molecule has 0 amide bonds. The van der Waals surface area contributed by atoms with E-state index in [4.69, 9.17) is 20.0 Å². The predicted octanol–water partition coefficient (Wildman–Crippen LogP) is 8.78. The number of rotatable bonds is 6. The standard InChI is InChI=1S/2C12H6N2O2.C10H14.CH4/c2*13-7-16-12-4-2-9-1-3-11(14-8-15)5-10(9)6-12;1-3-9-5-7-10(4-2)8-6-9;/h2*1-6H;5-8H,3-4H2,1-2H3;1H4. The van der Waals surface area contributed by atoms with E-state index < -0.39 is 0 Å². The van der Waals surface area contributed by atoms with Crippen LogP contribution in [0.5, 0.6) is 11.5 Å². The van der Waals surface area contributed by atoms with Crippen LogP contribution in [0.3, 0.4) is 0 Å². The van der Waals surface area contributed by atoms with Gasteiger partial charge in [0.15, 0.2) is 0 Å². The highest BCUT2D eigenvalue weighted by Crippen LogP contribution is 2.26. The second-order valence-electron chi connectivity index (χ2n) is 8.70. The second-order valence-corrected chi connectivity index (χ2v) is 8.70. The molecule has 0 bridgehead atoms. The Morgan fingerprint density at radius 2 is 0.930 bits per heavy atom. The quantitative estimate of drug-likeness (QED) is 0.114. The van der Waals surface area contributed by atoms with E-state index in [1.54, 1.807) is 61.0 Å². The lowest BCUT2D eigenvalue weighted by Gasteiger charge is -2.00. The van der Waals surface area contributed by atoms with Crippen molar-refractivity contribution in [3.05, 3.63) is 108 Å². The number of nitrogens with zero attached hydrogens (tertiary/aromatic N) is 4. The molecule has 0 fully saturated rings. The molecule has 5 aromatic rings. The van der Waals surface area contributed by atoms with Gasteiger partial charge in [0.1, 0.15) is 11.5 Å². The summed E-state index contributed by atoms with van der Waals surface area (Å²) >= 11 is 0. The first kappa shape index (κ1) is 33.2. The van der Waals surface area contributed by atoms with E-state index in [9.17, 15) is 9.59 Å². The van der Waals surface area contributed by atoms with Crippen LogP contribution < -0.4 is 9.47 Å². The summed E-state index contributed by atoms with van der Waals surface area (Å²) in [7, 11) is 0. The minimum atomic E-state index is 0. The fraction of sp³-hybridized carbons (Fsp3) is 0.143. The van der Waals surface area contributed by atoms with E-state index in [0.29, 0.717) is 22.9 Å². The third kappa shape index (κ3) is 10.1. The molecule has 0 aliphatic rings. The van der Waals surface area contributed by atoms with Gasteiger partial charge in [-0.25, -0.2) is 9.59 Å². The first-order chi connectivity index (χ1) is 20.5. The lowest BCUT2D eigenvalue weighted by atomic mass is 10.1. The Bertz CT molecular complexity index is 1700. The summed E-state index contributed by atoms with van der Waals surface area (Å²) in [6, 6.07) is 29.9. The highest BCUT2D eigenvalue weighted by atomic mass is 16.5. The lowest BCUT2D eigenvalue weighted by Crippen LogP contribution is -1.81. The van der Waals surface area contributed by atoms with Crippen molar-refractivity contribution >= 4 is 45.1 Å². The molecule has 0 N–H and O–H groups in total. The van der Waals surface area contributed by atoms with Crippen molar-refractivity contribution in [1.29, 1.82) is 10.5 Å². The number of aryl methyl sites for hydroxylation is 2. The largest absolute Gasteiger partial charge is 0.388 e. The van der Waals surface area contributed by atoms with Crippen LogP contribution in [0.15, 0.2) is 107 Å². The van der Waals surface area contributed by atoms with E-state index in [0.717, 1.165) is 34.4 Å². The number of fused-ring (bicyclic) bond motifs is 2. The number of aliphatic imine (C=N–C) groups is 2. The van der Waals surface area contributed by atoms with Gasteiger partial charge < -0.3 is 9.47 Å². The zero-order valence-electron chi connectivity index (χ0n) is 23.1. The topological polar surface area (TPSA) is 125 Å². The number of isocyanates is 2. The Morgan fingerprint density at radius 1 is 0.558 bits per heavy atom. The molecule has 0 aliphatic carbocycles. The Morgan fingerprint density at radius 3 is 1.26 bits per heavy atom. The second kappa shape index (κ2) is 17.6. The van der Waals surface area contributed by atoms with Gasteiger partial charge in [-0.2, -0.15) is 9.98 Å². The first-order valence-electron chi connectivity index (χ1n) is 13.0. The van der Waals surface area contributed by atoms with Gasteiger partial charge in [0.2, 0.25) is 12.2 Å². The van der Waals surface area contributed by atoms with Crippen LogP contribution in [0.1, 0.15) is 32.4 Å². The molecule has 8 nitrogen and oxygen atoms in total. The molecule has 0 unspecified atom stereocenters. The third-order valence-corrected chi connectivity index (χ3v) is 6.11. The van der Waals surface area contributed by atoms with E-state index in [2.05, 4.69) is 48.1 Å². The van der Waals surface area contributed by atoms with Crippen LogP contribution in [0.25, 0.3) is 21.5 Å². The average Bonchev–Trinajstić information content (AvgIpc) is 3.02. The first-order valence-corrected chi connectivity index (χ1v) is 13.0. The van der Waals surface area contributed by atoms with E-state index in [1.165, 1.54) is 23.3 Å². The Kier molecular flexibility index (Phi) is 13.6. The maximum Gasteiger partial charge on any atom is 0.292 e. The van der Waals surface area contributed by atoms with Gasteiger partial charge in [-0.05, 0) is 94.0 Å². The highest BCUT2D eigenvalue weighted by molar-refractivity contribution is 5.87. The Balaban J connectivity index is 0.000000229. The fourth-order valence-electron chi connectivity index (χ4n) is 3.91. The predicted molar refractivity (Wildman–Crippen MR) is 168 cm³/mol. The molecule has 214 valence electrons. The molecule has 0 aliphatic heterocycles. The Hall–Kier alpha value is -6.04. The smallest absolute Gasteiger partial charge is 0.292 e. The monoisotopic (exact) mass is 570 g/mol. The number of hydrogen-bond acceptors (Lipinski definition) is 8. The van der Waals surface area contributed by atoms with Gasteiger partial charge >= 0.3 is 0 Å². The van der Waals surface area contributed by atoms with Crippen LogP contribution >= 0.6 is 0 Å². The van der Waals surface area contributed by atoms with Crippen LogP contribution in [0.4, 0.5) is 11.4 Å². The van der Waals surface area contributed by atoms with Gasteiger partial charge in [0.25, 0.3) is 12.5 Å². The SMILES string of the molecule is C.CCc1ccc(CC)cc1.N#COc1ccc2ccc(N=C=O)cc2c1.N#COc1ccc2ccc(N=C=O)cc2c1. The minimum absolute atomic E-state index is 0. The summed E-state index contributed by atoms with van der Waals surface area (Å²) < 4.78 is 9.42. The molecule has 0 atom stereocenters. The van der Waals surface area contributed by atoms with E-state index in [1.807, 2.05) is 24.3 Å². The van der Waals surface area contributed by atoms with Crippen molar-refractivity contribution < 1.29 is 19.1 Å². The summed E-state index contributed by atoms with van der Waals surface area (Å²) in [5.41, 5.74) is 3.91. The van der Waals surface area contributed by atoms with Crippen LogP contribution in [-0.4, -0.2) is 12.2 Å². The normalized spacial score (nSPS) is 9.12. The van der Waals surface area contributed by atoms with Crippen molar-refractivity contribution in [1.82, 2.24) is 0 Å². The van der Waals surface area contributed by atoms with Gasteiger partial charge in [-0.1, -0.05) is 69.8 Å². The van der Waals surface area contributed by atoms with Crippen molar-refractivity contribution in [2.45, 2.75) is 34.1 Å². The number of nitriles is 2. The van der Waals surface area contributed by atoms with Crippen molar-refractivity contribution in [2.75, 3.05) is 0 Å². The fourth-order valence-corrected chi connectivity index (χ4v) is 3.91. The van der Waals surface area contributed by atoms with Crippen LogP contribution in [0.2, 0.25) is 0 Å². The molecule has 0 saturated carbocycles. The molecule has 43 heavy (non-hydrogen) atoms. The molecule has 0 saturated heterocycles. The molecule has 0 spiro atoms. The maximum atomic E-state index is 10.1. The van der Waals surface area contributed by atoms with Crippen LogP contribution in [-0.2, 0) is 22.4 Å². The molecule has 5 aromatic carbocycles. The summed E-state index contributed by atoms with van der Waals surface area (Å²) in [6.07, 6.45) is 8.45. The molecular formula is C35H30N4O4. The van der Waals surface area contributed by atoms with Crippen molar-refractivity contribution in [3.63, 3.8) is 0 Å². The highest BCUT2D eigenvalue weighted by Gasteiger charge is 2.00. The number of carbonyl (C=O) groups excluding carboxylic acids is 2. The third-order valence-electron chi connectivity index (χ3n) is 6.11. The molecule has 0 aromatic heterocycles. The van der Waals surface area contributed by atoms with Crippen LogP contribution in [0, 0.1) is 23.0 Å². The molecule has 0 heterocycles. The van der Waals surface area contributed by atoms with Gasteiger partial charge in [0, 0.05) is 0 Å². The number of benzene rings is 5. The van der Waals surface area contributed by atoms with Crippen molar-refractivity contribution in [3.8, 4) is 24.0 Å². The molecule has 8 heteroatoms. The number of hydrogen-bond donors (Lipinski definition) is 0. The Labute approximate surface area is 250 Å². The zero-order valence-corrected chi connectivity index (χ0v) is 23.1. The summed E-state index contributed by atoms with van der Waals surface area (Å²) in [5, 5.41) is 20.4. The summed E-state index contributed by atoms with van der Waals surface area (Å²) in [5.74, 6) is 0.921. The summed E-state index contributed by atoms with van der Waals surface area (Å²) in [6.45, 7) is 4.36. The maximum absolute atomic E-state index is 10.1. The molecule has 0 radical (unpaired) electrons. The summed E-state index contributed by atoms with van der Waals surface area (Å²) in [4.78, 5) is 27.3. The van der Waals surface area contributed by atoms with Gasteiger partial charge in [0.05, 0.1) is 11.4 Å². The molecular weight excluding hydrogens is 540 g/mol. The average molecular weight is 571 g/mol. The lowest BCUT2D eigenvalue weighted by molar-refractivity contribution is 0.508. The molecule has 5 rings (SSSR count). The number of ether oxygens (including phenoxy) is 2. The minimum Gasteiger partial charge on any atom is -0.388 e. The van der Waals surface area contributed by atoms with Gasteiger partial charge in [-0.3, -0.25) is 0 Å². The van der Waals surface area contributed by atoms with Gasteiger partial charge in [-0.15, -0.1) is 10.5 Å². The van der Waals surface area contributed by atoms with E-state index >= 15 is 0 Å². The van der Waals surface area contributed by atoms with Crippen molar-refractivity contribution in [2.24, 2.45) is 9.98 Å². The van der Waals surface area contributed by atoms with E-state index in [-0.39, 0.29) is 7.43 Å². The zero-order chi connectivity index (χ0) is 30.2.